The van der Waals surface area contributed by atoms with Crippen LogP contribution in [0, 0.1) is 12.8 Å². The maximum absolute atomic E-state index is 10.2. The topological polar surface area (TPSA) is 56.7 Å². The van der Waals surface area contributed by atoms with E-state index in [1.807, 2.05) is 38.1 Å². The summed E-state index contributed by atoms with van der Waals surface area (Å²) in [6.07, 6.45) is 0.646. The Morgan fingerprint density at radius 1 is 1.40 bits per heavy atom. The second-order valence-corrected chi connectivity index (χ2v) is 5.61. The quantitative estimate of drug-likeness (QED) is 0.569. The summed E-state index contributed by atoms with van der Waals surface area (Å²) in [5, 5.41) is 16.8. The Kier molecular flexibility index (Phi) is 5.01. The summed E-state index contributed by atoms with van der Waals surface area (Å²) in [6.45, 7) is 7.51. The number of aryl methyl sites for hydroxylation is 1. The summed E-state index contributed by atoms with van der Waals surface area (Å²) in [5.41, 5.74) is 2.11. The molecule has 0 heterocycles. The van der Waals surface area contributed by atoms with Gasteiger partial charge in [0.05, 0.1) is 12.6 Å². The molecule has 0 spiro atoms. The molecule has 0 amide bonds. The van der Waals surface area contributed by atoms with Gasteiger partial charge in [0.2, 0.25) is 0 Å². The average Bonchev–Trinajstić information content (AvgIpc) is 3.12. The van der Waals surface area contributed by atoms with E-state index in [1.54, 1.807) is 0 Å². The number of benzene rings is 1. The SMILES string of the molecule is CCNC(=NCC(O)c1ccc(C)cc1)NC1CC1C. The third kappa shape index (κ3) is 4.23. The van der Waals surface area contributed by atoms with Crippen molar-refractivity contribution in [2.75, 3.05) is 13.1 Å². The third-order valence-electron chi connectivity index (χ3n) is 3.66. The van der Waals surface area contributed by atoms with Gasteiger partial charge in [-0.15, -0.1) is 0 Å². The number of aliphatic hydroxyl groups is 1. The molecule has 4 nitrogen and oxygen atoms in total. The summed E-state index contributed by atoms with van der Waals surface area (Å²) in [6, 6.07) is 8.47. The van der Waals surface area contributed by atoms with Crippen LogP contribution in [0.2, 0.25) is 0 Å². The second-order valence-electron chi connectivity index (χ2n) is 5.61. The number of nitrogens with zero attached hydrogens (tertiary/aromatic N) is 1. The van der Waals surface area contributed by atoms with Gasteiger partial charge in [-0.25, -0.2) is 0 Å². The van der Waals surface area contributed by atoms with Gasteiger partial charge < -0.3 is 15.7 Å². The number of hydrogen-bond acceptors (Lipinski definition) is 2. The van der Waals surface area contributed by atoms with Gasteiger partial charge in [0.1, 0.15) is 0 Å². The van der Waals surface area contributed by atoms with Crippen molar-refractivity contribution in [1.29, 1.82) is 0 Å². The molecule has 1 aromatic carbocycles. The van der Waals surface area contributed by atoms with Gasteiger partial charge in [-0.05, 0) is 31.7 Å². The molecule has 4 heteroatoms. The Morgan fingerprint density at radius 2 is 2.05 bits per heavy atom. The van der Waals surface area contributed by atoms with Gasteiger partial charge in [-0.1, -0.05) is 36.8 Å². The third-order valence-corrected chi connectivity index (χ3v) is 3.66. The Hall–Kier alpha value is -1.55. The van der Waals surface area contributed by atoms with Crippen molar-refractivity contribution in [2.24, 2.45) is 10.9 Å². The Morgan fingerprint density at radius 3 is 2.60 bits per heavy atom. The molecule has 2 rings (SSSR count). The van der Waals surface area contributed by atoms with Crippen LogP contribution in [0.5, 0.6) is 0 Å². The van der Waals surface area contributed by atoms with Crippen LogP contribution in [-0.2, 0) is 0 Å². The minimum Gasteiger partial charge on any atom is -0.386 e. The van der Waals surface area contributed by atoms with E-state index in [9.17, 15) is 5.11 Å². The highest BCUT2D eigenvalue weighted by atomic mass is 16.3. The number of aliphatic hydroxyl groups excluding tert-OH is 1. The molecule has 0 aliphatic heterocycles. The molecule has 1 aliphatic carbocycles. The molecular weight excluding hydrogens is 250 g/mol. The average molecular weight is 275 g/mol. The minimum atomic E-state index is -0.553. The highest BCUT2D eigenvalue weighted by molar-refractivity contribution is 5.80. The Labute approximate surface area is 121 Å². The van der Waals surface area contributed by atoms with Gasteiger partial charge in [-0.2, -0.15) is 0 Å². The van der Waals surface area contributed by atoms with Crippen LogP contribution in [0.1, 0.15) is 37.5 Å². The standard InChI is InChI=1S/C16H25N3O/c1-4-17-16(19-14-9-12(14)3)18-10-15(20)13-7-5-11(2)6-8-13/h5-8,12,14-15,20H,4,9-10H2,1-3H3,(H2,17,18,19). The first-order valence-electron chi connectivity index (χ1n) is 7.39. The molecule has 1 aliphatic rings. The lowest BCUT2D eigenvalue weighted by Crippen LogP contribution is -2.39. The van der Waals surface area contributed by atoms with E-state index in [-0.39, 0.29) is 0 Å². The first-order chi connectivity index (χ1) is 9.60. The highest BCUT2D eigenvalue weighted by Gasteiger charge is 2.33. The summed E-state index contributed by atoms with van der Waals surface area (Å²) in [4.78, 5) is 4.47. The molecule has 0 saturated heterocycles. The summed E-state index contributed by atoms with van der Waals surface area (Å²) in [5.74, 6) is 1.52. The van der Waals surface area contributed by atoms with Crippen LogP contribution in [0.4, 0.5) is 0 Å². The highest BCUT2D eigenvalue weighted by Crippen LogP contribution is 2.28. The Balaban J connectivity index is 1.91. The molecule has 0 bridgehead atoms. The van der Waals surface area contributed by atoms with Crippen LogP contribution in [0.3, 0.4) is 0 Å². The molecule has 0 radical (unpaired) electrons. The van der Waals surface area contributed by atoms with E-state index >= 15 is 0 Å². The van der Waals surface area contributed by atoms with Crippen molar-refractivity contribution < 1.29 is 5.11 Å². The Bertz CT molecular complexity index is 455. The minimum absolute atomic E-state index is 0.374. The molecule has 1 fully saturated rings. The zero-order valence-corrected chi connectivity index (χ0v) is 12.6. The molecule has 1 aromatic rings. The lowest BCUT2D eigenvalue weighted by molar-refractivity contribution is 0.187. The maximum Gasteiger partial charge on any atom is 0.191 e. The summed E-state index contributed by atoms with van der Waals surface area (Å²) in [7, 11) is 0. The lowest BCUT2D eigenvalue weighted by Gasteiger charge is -2.13. The molecule has 3 N–H and O–H groups in total. The van der Waals surface area contributed by atoms with Gasteiger partial charge >= 0.3 is 0 Å². The predicted molar refractivity (Wildman–Crippen MR) is 82.8 cm³/mol. The molecule has 20 heavy (non-hydrogen) atoms. The van der Waals surface area contributed by atoms with E-state index in [4.69, 9.17) is 0 Å². The van der Waals surface area contributed by atoms with Crippen LogP contribution >= 0.6 is 0 Å². The largest absolute Gasteiger partial charge is 0.386 e. The smallest absolute Gasteiger partial charge is 0.191 e. The number of hydrogen-bond donors (Lipinski definition) is 3. The van der Waals surface area contributed by atoms with E-state index < -0.39 is 6.10 Å². The van der Waals surface area contributed by atoms with Gasteiger partial charge in [0, 0.05) is 12.6 Å². The van der Waals surface area contributed by atoms with Crippen molar-refractivity contribution in [2.45, 2.75) is 39.3 Å². The van der Waals surface area contributed by atoms with E-state index in [0.717, 1.165) is 24.0 Å². The van der Waals surface area contributed by atoms with E-state index in [1.165, 1.54) is 12.0 Å². The fourth-order valence-corrected chi connectivity index (χ4v) is 2.09. The van der Waals surface area contributed by atoms with Crippen molar-refractivity contribution in [3.8, 4) is 0 Å². The molecular formula is C16H25N3O. The van der Waals surface area contributed by atoms with Crippen molar-refractivity contribution in [1.82, 2.24) is 10.6 Å². The van der Waals surface area contributed by atoms with Crippen LogP contribution < -0.4 is 10.6 Å². The summed E-state index contributed by atoms with van der Waals surface area (Å²) >= 11 is 0. The van der Waals surface area contributed by atoms with Crippen molar-refractivity contribution >= 4 is 5.96 Å². The van der Waals surface area contributed by atoms with Crippen LogP contribution in [0.15, 0.2) is 29.3 Å². The molecule has 0 aromatic heterocycles. The normalized spacial score (nSPS) is 23.3. The number of aliphatic imine (C=N–C) groups is 1. The first kappa shape index (κ1) is 14.9. The van der Waals surface area contributed by atoms with Gasteiger partial charge in [0.15, 0.2) is 5.96 Å². The zero-order chi connectivity index (χ0) is 14.5. The molecule has 110 valence electrons. The van der Waals surface area contributed by atoms with Crippen molar-refractivity contribution in [3.05, 3.63) is 35.4 Å². The van der Waals surface area contributed by atoms with Gasteiger partial charge in [0.25, 0.3) is 0 Å². The fourth-order valence-electron chi connectivity index (χ4n) is 2.09. The predicted octanol–water partition coefficient (Wildman–Crippen LogP) is 1.99. The summed E-state index contributed by atoms with van der Waals surface area (Å²) < 4.78 is 0. The van der Waals surface area contributed by atoms with E-state index in [2.05, 4.69) is 22.5 Å². The number of nitrogens with one attached hydrogen (secondary N) is 2. The molecule has 3 unspecified atom stereocenters. The van der Waals surface area contributed by atoms with Crippen molar-refractivity contribution in [3.63, 3.8) is 0 Å². The lowest BCUT2D eigenvalue weighted by atomic mass is 10.1. The molecule has 1 saturated carbocycles. The van der Waals surface area contributed by atoms with E-state index in [0.29, 0.717) is 12.6 Å². The zero-order valence-electron chi connectivity index (χ0n) is 12.6. The van der Waals surface area contributed by atoms with Gasteiger partial charge in [-0.3, -0.25) is 4.99 Å². The van der Waals surface area contributed by atoms with Crippen LogP contribution in [0.25, 0.3) is 0 Å². The maximum atomic E-state index is 10.2. The fraction of sp³-hybridized carbons (Fsp3) is 0.562. The monoisotopic (exact) mass is 275 g/mol. The molecule has 3 atom stereocenters. The second kappa shape index (κ2) is 6.75. The first-order valence-corrected chi connectivity index (χ1v) is 7.39. The number of rotatable bonds is 5. The number of guanidine groups is 1. The van der Waals surface area contributed by atoms with Crippen LogP contribution in [-0.4, -0.2) is 30.2 Å².